The summed E-state index contributed by atoms with van der Waals surface area (Å²) in [5, 5.41) is 1.47. The molecule has 1 aliphatic carbocycles. The number of para-hydroxylation sites is 1. The first-order chi connectivity index (χ1) is 9.66. The van der Waals surface area contributed by atoms with E-state index in [1.807, 2.05) is 36.2 Å². The molecule has 0 saturated heterocycles. The maximum atomic E-state index is 12.5. The number of amides is 1. The van der Waals surface area contributed by atoms with Crippen LogP contribution < -0.4 is 0 Å². The topological polar surface area (TPSA) is 33.2 Å². The summed E-state index contributed by atoms with van der Waals surface area (Å²) in [5.74, 6) is -0.0375. The quantitative estimate of drug-likeness (QED) is 0.839. The Balaban J connectivity index is 1.95. The van der Waals surface area contributed by atoms with Gasteiger partial charge in [-0.1, -0.05) is 42.6 Å². The highest BCUT2D eigenvalue weighted by Crippen LogP contribution is 2.26. The average molecular weight is 289 g/mol. The lowest BCUT2D eigenvalue weighted by molar-refractivity contribution is 0.0729. The molecule has 1 amide bonds. The van der Waals surface area contributed by atoms with E-state index in [1.54, 1.807) is 6.07 Å². The molecule has 104 valence electrons. The van der Waals surface area contributed by atoms with E-state index in [1.165, 1.54) is 12.8 Å². The van der Waals surface area contributed by atoms with Gasteiger partial charge in [0.15, 0.2) is 0 Å². The number of pyridine rings is 1. The van der Waals surface area contributed by atoms with Crippen LogP contribution in [-0.2, 0) is 0 Å². The fraction of sp³-hybridized carbons (Fsp3) is 0.375. The number of halogens is 1. The van der Waals surface area contributed by atoms with Crippen molar-refractivity contribution in [3.05, 3.63) is 41.0 Å². The van der Waals surface area contributed by atoms with Crippen molar-refractivity contribution in [2.75, 3.05) is 7.05 Å². The van der Waals surface area contributed by atoms with Crippen molar-refractivity contribution in [2.24, 2.45) is 0 Å². The standard InChI is InChI=1S/C16H17ClN2O/c1-19(11-6-2-3-7-11)16(20)15-10-13(17)12-8-4-5-9-14(12)18-15/h4-5,8-11H,2-3,6-7H2,1H3. The van der Waals surface area contributed by atoms with Crippen LogP contribution >= 0.6 is 11.6 Å². The normalized spacial score (nSPS) is 15.7. The SMILES string of the molecule is CN(C(=O)c1cc(Cl)c2ccccc2n1)C1CCCC1. The molecule has 1 aromatic heterocycles. The van der Waals surface area contributed by atoms with Gasteiger partial charge in [-0.3, -0.25) is 4.79 Å². The summed E-state index contributed by atoms with van der Waals surface area (Å²) >= 11 is 6.26. The summed E-state index contributed by atoms with van der Waals surface area (Å²) in [6.07, 6.45) is 4.58. The minimum absolute atomic E-state index is 0.0375. The number of hydrogen-bond donors (Lipinski definition) is 0. The zero-order chi connectivity index (χ0) is 14.1. The van der Waals surface area contributed by atoms with Crippen LogP contribution in [0.3, 0.4) is 0 Å². The highest BCUT2D eigenvalue weighted by atomic mass is 35.5. The summed E-state index contributed by atoms with van der Waals surface area (Å²) in [6, 6.07) is 9.64. The Labute approximate surface area is 123 Å². The molecule has 1 fully saturated rings. The molecular weight excluding hydrogens is 272 g/mol. The van der Waals surface area contributed by atoms with Crippen molar-refractivity contribution in [3.63, 3.8) is 0 Å². The largest absolute Gasteiger partial charge is 0.337 e. The number of carbonyl (C=O) groups excluding carboxylic acids is 1. The lowest BCUT2D eigenvalue weighted by atomic mass is 10.1. The number of hydrogen-bond acceptors (Lipinski definition) is 2. The van der Waals surface area contributed by atoms with Crippen LogP contribution in [0.5, 0.6) is 0 Å². The van der Waals surface area contributed by atoms with Crippen LogP contribution in [0.2, 0.25) is 5.02 Å². The van der Waals surface area contributed by atoms with Gasteiger partial charge in [-0.2, -0.15) is 0 Å². The van der Waals surface area contributed by atoms with Crippen LogP contribution in [0.25, 0.3) is 10.9 Å². The molecule has 0 unspecified atom stereocenters. The third-order valence-corrected chi connectivity index (χ3v) is 4.39. The van der Waals surface area contributed by atoms with E-state index in [9.17, 15) is 4.79 Å². The van der Waals surface area contributed by atoms with Crippen molar-refractivity contribution in [1.82, 2.24) is 9.88 Å². The van der Waals surface area contributed by atoms with Gasteiger partial charge in [0.1, 0.15) is 5.69 Å². The first kappa shape index (κ1) is 13.4. The fourth-order valence-electron chi connectivity index (χ4n) is 2.88. The zero-order valence-corrected chi connectivity index (χ0v) is 12.2. The van der Waals surface area contributed by atoms with Gasteiger partial charge in [-0.25, -0.2) is 4.98 Å². The molecule has 1 saturated carbocycles. The minimum atomic E-state index is -0.0375. The van der Waals surface area contributed by atoms with Crippen LogP contribution in [0.15, 0.2) is 30.3 Å². The van der Waals surface area contributed by atoms with Crippen molar-refractivity contribution in [1.29, 1.82) is 0 Å². The van der Waals surface area contributed by atoms with E-state index in [0.29, 0.717) is 16.8 Å². The highest BCUT2D eigenvalue weighted by molar-refractivity contribution is 6.35. The Hall–Kier alpha value is -1.61. The summed E-state index contributed by atoms with van der Waals surface area (Å²) in [7, 11) is 1.86. The van der Waals surface area contributed by atoms with E-state index in [-0.39, 0.29) is 5.91 Å². The molecular formula is C16H17ClN2O. The van der Waals surface area contributed by atoms with E-state index in [0.717, 1.165) is 23.7 Å². The summed E-state index contributed by atoms with van der Waals surface area (Å²) in [4.78, 5) is 18.8. The molecule has 3 nitrogen and oxygen atoms in total. The van der Waals surface area contributed by atoms with Crippen LogP contribution in [0, 0.1) is 0 Å². The van der Waals surface area contributed by atoms with E-state index < -0.39 is 0 Å². The van der Waals surface area contributed by atoms with Crippen molar-refractivity contribution in [3.8, 4) is 0 Å². The lowest BCUT2D eigenvalue weighted by Crippen LogP contribution is -2.35. The summed E-state index contributed by atoms with van der Waals surface area (Å²) in [6.45, 7) is 0. The molecule has 0 spiro atoms. The zero-order valence-electron chi connectivity index (χ0n) is 11.5. The Bertz CT molecular complexity index is 650. The second-order valence-corrected chi connectivity index (χ2v) is 5.77. The second-order valence-electron chi connectivity index (χ2n) is 5.36. The van der Waals surface area contributed by atoms with Gasteiger partial charge < -0.3 is 4.90 Å². The van der Waals surface area contributed by atoms with Crippen LogP contribution in [-0.4, -0.2) is 28.9 Å². The van der Waals surface area contributed by atoms with Gasteiger partial charge in [0.05, 0.1) is 10.5 Å². The Morgan fingerprint density at radius 1 is 1.30 bits per heavy atom. The molecule has 0 radical (unpaired) electrons. The number of carbonyl (C=O) groups is 1. The number of nitrogens with zero attached hydrogens (tertiary/aromatic N) is 2. The number of rotatable bonds is 2. The number of benzene rings is 1. The minimum Gasteiger partial charge on any atom is -0.337 e. The second kappa shape index (κ2) is 5.41. The molecule has 0 bridgehead atoms. The third kappa shape index (κ3) is 2.38. The number of aromatic nitrogens is 1. The van der Waals surface area contributed by atoms with Gasteiger partial charge in [0.2, 0.25) is 0 Å². The molecule has 3 rings (SSSR count). The van der Waals surface area contributed by atoms with E-state index >= 15 is 0 Å². The van der Waals surface area contributed by atoms with Gasteiger partial charge in [0.25, 0.3) is 5.91 Å². The Kier molecular flexibility index (Phi) is 3.62. The van der Waals surface area contributed by atoms with Crippen LogP contribution in [0.1, 0.15) is 36.2 Å². The molecule has 0 N–H and O–H groups in total. The Morgan fingerprint density at radius 2 is 2.00 bits per heavy atom. The smallest absolute Gasteiger partial charge is 0.272 e. The third-order valence-electron chi connectivity index (χ3n) is 4.08. The highest BCUT2D eigenvalue weighted by Gasteiger charge is 2.25. The molecule has 1 aliphatic rings. The van der Waals surface area contributed by atoms with Gasteiger partial charge >= 0.3 is 0 Å². The maximum Gasteiger partial charge on any atom is 0.272 e. The summed E-state index contributed by atoms with van der Waals surface area (Å²) in [5.41, 5.74) is 1.20. The molecule has 0 aliphatic heterocycles. The van der Waals surface area contributed by atoms with Crippen molar-refractivity contribution in [2.45, 2.75) is 31.7 Å². The van der Waals surface area contributed by atoms with Crippen molar-refractivity contribution < 1.29 is 4.79 Å². The van der Waals surface area contributed by atoms with Crippen molar-refractivity contribution >= 4 is 28.4 Å². The van der Waals surface area contributed by atoms with Gasteiger partial charge in [0, 0.05) is 18.5 Å². The molecule has 2 aromatic rings. The summed E-state index contributed by atoms with van der Waals surface area (Å²) < 4.78 is 0. The number of fused-ring (bicyclic) bond motifs is 1. The van der Waals surface area contributed by atoms with E-state index in [4.69, 9.17) is 11.6 Å². The molecule has 1 heterocycles. The first-order valence-electron chi connectivity index (χ1n) is 6.99. The lowest BCUT2D eigenvalue weighted by Gasteiger charge is -2.24. The predicted octanol–water partition coefficient (Wildman–Crippen LogP) is 3.90. The van der Waals surface area contributed by atoms with Gasteiger partial charge in [-0.15, -0.1) is 0 Å². The molecule has 20 heavy (non-hydrogen) atoms. The average Bonchev–Trinajstić information content (AvgIpc) is 3.00. The first-order valence-corrected chi connectivity index (χ1v) is 7.37. The monoisotopic (exact) mass is 288 g/mol. The Morgan fingerprint density at radius 3 is 2.75 bits per heavy atom. The molecule has 1 aromatic carbocycles. The maximum absolute atomic E-state index is 12.5. The van der Waals surface area contributed by atoms with Crippen LogP contribution in [0.4, 0.5) is 0 Å². The van der Waals surface area contributed by atoms with E-state index in [2.05, 4.69) is 4.98 Å². The fourth-order valence-corrected chi connectivity index (χ4v) is 3.14. The molecule has 4 heteroatoms. The molecule has 0 atom stereocenters. The van der Waals surface area contributed by atoms with Gasteiger partial charge in [-0.05, 0) is 25.0 Å². The predicted molar refractivity (Wildman–Crippen MR) is 81.1 cm³/mol.